The van der Waals surface area contributed by atoms with Crippen LogP contribution in [0, 0.1) is 0 Å². The lowest BCUT2D eigenvalue weighted by Crippen LogP contribution is -2.33. The average Bonchev–Trinajstić information content (AvgIpc) is 3.36. The third-order valence-electron chi connectivity index (χ3n) is 6.47. The van der Waals surface area contributed by atoms with Crippen LogP contribution < -0.4 is 5.32 Å². The number of imidazole rings is 1. The fourth-order valence-corrected chi connectivity index (χ4v) is 4.83. The number of nitrogens with zero attached hydrogens (tertiary/aromatic N) is 4. The molecule has 1 aliphatic heterocycles. The molecule has 0 radical (unpaired) electrons. The van der Waals surface area contributed by atoms with Crippen molar-refractivity contribution in [3.8, 4) is 0 Å². The number of nitrogens with one attached hydrogen (secondary N) is 1. The zero-order valence-electron chi connectivity index (χ0n) is 17.1. The van der Waals surface area contributed by atoms with Crippen molar-refractivity contribution in [2.45, 2.75) is 62.2 Å². The number of anilines is 1. The number of hydrogen-bond donors (Lipinski definition) is 4. The Kier molecular flexibility index (Phi) is 5.58. The quantitative estimate of drug-likeness (QED) is 0.485. The Bertz CT molecular complexity index is 1030. The number of fused-ring (bicyclic) bond motifs is 1. The summed E-state index contributed by atoms with van der Waals surface area (Å²) in [6.07, 6.45) is 3.40. The molecule has 164 valence electrons. The second-order valence-corrected chi connectivity index (χ2v) is 8.33. The number of hydrogen-bond acceptors (Lipinski definition) is 8. The maximum Gasteiger partial charge on any atom is 0.167 e. The highest BCUT2D eigenvalue weighted by molar-refractivity contribution is 5.83. The number of aliphatic hydroxyl groups excluding tert-OH is 3. The molecule has 5 rings (SSSR count). The van der Waals surface area contributed by atoms with E-state index in [4.69, 9.17) is 4.74 Å². The van der Waals surface area contributed by atoms with Crippen molar-refractivity contribution in [2.24, 2.45) is 0 Å². The van der Waals surface area contributed by atoms with Gasteiger partial charge in [-0.25, -0.2) is 15.0 Å². The highest BCUT2D eigenvalue weighted by atomic mass is 16.6. The van der Waals surface area contributed by atoms with Gasteiger partial charge in [0.2, 0.25) is 0 Å². The highest BCUT2D eigenvalue weighted by Crippen LogP contribution is 2.36. The van der Waals surface area contributed by atoms with Gasteiger partial charge in [0.25, 0.3) is 0 Å². The Hall–Kier alpha value is -2.59. The summed E-state index contributed by atoms with van der Waals surface area (Å²) in [5.41, 5.74) is 2.40. The number of benzene rings is 1. The first-order chi connectivity index (χ1) is 15.2. The molecule has 1 saturated heterocycles. The molecule has 3 aromatic rings. The topological polar surface area (TPSA) is 126 Å². The summed E-state index contributed by atoms with van der Waals surface area (Å²) in [5.74, 6) is 1.03. The number of aliphatic hydroxyl groups is 3. The van der Waals surface area contributed by atoms with Crippen LogP contribution in [0.2, 0.25) is 0 Å². The van der Waals surface area contributed by atoms with Crippen molar-refractivity contribution in [3.63, 3.8) is 0 Å². The van der Waals surface area contributed by atoms with E-state index in [0.29, 0.717) is 22.9 Å². The summed E-state index contributed by atoms with van der Waals surface area (Å²) in [4.78, 5) is 13.3. The average molecular weight is 425 g/mol. The minimum Gasteiger partial charge on any atom is -0.394 e. The first-order valence-corrected chi connectivity index (χ1v) is 10.8. The summed E-state index contributed by atoms with van der Waals surface area (Å²) in [6, 6.07) is 10.8. The van der Waals surface area contributed by atoms with Gasteiger partial charge in [-0.15, -0.1) is 0 Å². The van der Waals surface area contributed by atoms with E-state index < -0.39 is 24.5 Å². The van der Waals surface area contributed by atoms with E-state index in [9.17, 15) is 15.3 Å². The Morgan fingerprint density at radius 1 is 1.03 bits per heavy atom. The fraction of sp³-hybridized carbons (Fsp3) is 0.500. The molecule has 1 aromatic carbocycles. The molecule has 2 fully saturated rings. The second-order valence-electron chi connectivity index (χ2n) is 8.33. The summed E-state index contributed by atoms with van der Waals surface area (Å²) in [7, 11) is 0. The molecule has 9 nitrogen and oxygen atoms in total. The molecule has 31 heavy (non-hydrogen) atoms. The van der Waals surface area contributed by atoms with Gasteiger partial charge in [0.1, 0.15) is 24.6 Å². The molecule has 0 amide bonds. The van der Waals surface area contributed by atoms with Crippen LogP contribution >= 0.6 is 0 Å². The Labute approximate surface area is 179 Å². The summed E-state index contributed by atoms with van der Waals surface area (Å²) >= 11 is 0. The molecule has 1 saturated carbocycles. The van der Waals surface area contributed by atoms with E-state index in [1.807, 2.05) is 6.07 Å². The number of ether oxygens (including phenoxy) is 1. The monoisotopic (exact) mass is 425 g/mol. The molecule has 2 aromatic heterocycles. The van der Waals surface area contributed by atoms with E-state index in [2.05, 4.69) is 44.5 Å². The van der Waals surface area contributed by atoms with Crippen LogP contribution in [0.3, 0.4) is 0 Å². The van der Waals surface area contributed by atoms with Crippen LogP contribution in [-0.2, 0) is 4.74 Å². The molecule has 0 spiro atoms. The third kappa shape index (κ3) is 3.67. The largest absolute Gasteiger partial charge is 0.394 e. The van der Waals surface area contributed by atoms with Gasteiger partial charge in [-0.05, 0) is 18.4 Å². The predicted molar refractivity (Wildman–Crippen MR) is 113 cm³/mol. The normalized spacial score (nSPS) is 31.2. The minimum atomic E-state index is -1.19. The second kappa shape index (κ2) is 8.51. The predicted octanol–water partition coefficient (Wildman–Crippen LogP) is 1.58. The van der Waals surface area contributed by atoms with Gasteiger partial charge in [0.15, 0.2) is 23.2 Å². The van der Waals surface area contributed by atoms with E-state index in [-0.39, 0.29) is 12.6 Å². The summed E-state index contributed by atoms with van der Waals surface area (Å²) < 4.78 is 7.23. The molecule has 3 heterocycles. The molecule has 6 atom stereocenters. The van der Waals surface area contributed by atoms with E-state index in [1.54, 1.807) is 4.57 Å². The Morgan fingerprint density at radius 2 is 1.84 bits per heavy atom. The van der Waals surface area contributed by atoms with Crippen molar-refractivity contribution in [3.05, 3.63) is 48.5 Å². The molecule has 0 unspecified atom stereocenters. The Morgan fingerprint density at radius 3 is 2.61 bits per heavy atom. The van der Waals surface area contributed by atoms with Crippen LogP contribution in [0.15, 0.2) is 43.0 Å². The van der Waals surface area contributed by atoms with Gasteiger partial charge >= 0.3 is 0 Å². The van der Waals surface area contributed by atoms with Gasteiger partial charge in [0.05, 0.1) is 12.9 Å². The molecular formula is C22H27N5O4. The van der Waals surface area contributed by atoms with Crippen molar-refractivity contribution < 1.29 is 20.1 Å². The molecule has 1 aliphatic carbocycles. The van der Waals surface area contributed by atoms with Crippen molar-refractivity contribution in [1.82, 2.24) is 19.5 Å². The zero-order chi connectivity index (χ0) is 21.4. The lowest BCUT2D eigenvalue weighted by molar-refractivity contribution is -0.0511. The van der Waals surface area contributed by atoms with Gasteiger partial charge in [-0.1, -0.05) is 43.2 Å². The molecule has 9 heteroatoms. The van der Waals surface area contributed by atoms with Gasteiger partial charge in [-0.2, -0.15) is 0 Å². The van der Waals surface area contributed by atoms with Gasteiger partial charge < -0.3 is 25.4 Å². The third-order valence-corrected chi connectivity index (χ3v) is 6.47. The minimum absolute atomic E-state index is 0.230. The maximum absolute atomic E-state index is 10.4. The van der Waals surface area contributed by atoms with Crippen molar-refractivity contribution >= 4 is 17.0 Å². The highest BCUT2D eigenvalue weighted by Gasteiger charge is 2.44. The zero-order valence-corrected chi connectivity index (χ0v) is 17.1. The molecule has 2 aliphatic rings. The lowest BCUT2D eigenvalue weighted by Gasteiger charge is -2.33. The standard InChI is InChI=1S/C22H27N5O4/c28-10-16-18(29)19(30)22(31-16)27-12-25-17-20(23-11-24-21(17)27)26-15-9-5-4-8-14(15)13-6-2-1-3-7-13/h1-3,6-7,11-12,14-16,18-19,22,28-30H,4-5,8-10H2,(H,23,24,26)/t14-,15-,16-,18-,19-,22-/m1/s1. The van der Waals surface area contributed by atoms with Gasteiger partial charge in [0, 0.05) is 12.0 Å². The summed E-state index contributed by atoms with van der Waals surface area (Å²) in [5, 5.41) is 33.4. The molecule has 4 N–H and O–H groups in total. The molecular weight excluding hydrogens is 398 g/mol. The van der Waals surface area contributed by atoms with E-state index >= 15 is 0 Å². The van der Waals surface area contributed by atoms with Crippen molar-refractivity contribution in [2.75, 3.05) is 11.9 Å². The van der Waals surface area contributed by atoms with E-state index in [0.717, 1.165) is 19.3 Å². The maximum atomic E-state index is 10.4. The van der Waals surface area contributed by atoms with Crippen LogP contribution in [0.1, 0.15) is 43.4 Å². The number of aromatic nitrogens is 4. The van der Waals surface area contributed by atoms with Crippen LogP contribution in [0.5, 0.6) is 0 Å². The Balaban J connectivity index is 1.44. The van der Waals surface area contributed by atoms with Gasteiger partial charge in [-0.3, -0.25) is 4.57 Å². The SMILES string of the molecule is OC[C@H]1O[C@@H](n2cnc3c(N[C@@H]4CCCC[C@@H]4c4ccccc4)ncnc32)[C@H](O)[C@@H]1O. The smallest absolute Gasteiger partial charge is 0.167 e. The number of rotatable bonds is 5. The van der Waals surface area contributed by atoms with Crippen LogP contribution in [-0.4, -0.2) is 65.8 Å². The fourth-order valence-electron chi connectivity index (χ4n) is 4.83. The first kappa shape index (κ1) is 20.3. The molecule has 0 bridgehead atoms. The van der Waals surface area contributed by atoms with Crippen LogP contribution in [0.25, 0.3) is 11.2 Å². The van der Waals surface area contributed by atoms with Crippen LogP contribution in [0.4, 0.5) is 5.82 Å². The summed E-state index contributed by atoms with van der Waals surface area (Å²) in [6.45, 7) is -0.383. The van der Waals surface area contributed by atoms with E-state index in [1.165, 1.54) is 24.6 Å². The first-order valence-electron chi connectivity index (χ1n) is 10.8. The van der Waals surface area contributed by atoms with Crippen molar-refractivity contribution in [1.29, 1.82) is 0 Å². The lowest BCUT2D eigenvalue weighted by atomic mass is 9.80.